The zero-order valence-electron chi connectivity index (χ0n) is 10.5. The van der Waals surface area contributed by atoms with Gasteiger partial charge in [-0.15, -0.1) is 0 Å². The monoisotopic (exact) mass is 285 g/mol. The fraction of sp³-hybridized carbons (Fsp3) is 0.500. The first-order chi connectivity index (χ1) is 9.08. The summed E-state index contributed by atoms with van der Waals surface area (Å²) >= 11 is 5.95. The van der Waals surface area contributed by atoms with Crippen LogP contribution in [0.25, 0.3) is 0 Å². The molecule has 0 spiro atoms. The number of hydrogen-bond acceptors (Lipinski definition) is 2. The van der Waals surface area contributed by atoms with Gasteiger partial charge < -0.3 is 10.4 Å². The Morgan fingerprint density at radius 1 is 1.37 bits per heavy atom. The van der Waals surface area contributed by atoms with E-state index in [0.29, 0.717) is 30.0 Å². The van der Waals surface area contributed by atoms with Crippen molar-refractivity contribution in [3.63, 3.8) is 0 Å². The normalized spacial score (nSPS) is 23.3. The van der Waals surface area contributed by atoms with Gasteiger partial charge in [0, 0.05) is 23.2 Å². The van der Waals surface area contributed by atoms with Crippen molar-refractivity contribution in [3.8, 4) is 0 Å². The lowest BCUT2D eigenvalue weighted by atomic mass is 9.86. The molecule has 5 heteroatoms. The minimum atomic E-state index is -0.712. The smallest absolute Gasteiger partial charge is 0.306 e. The van der Waals surface area contributed by atoms with Crippen LogP contribution < -0.4 is 5.32 Å². The SMILES string of the molecule is O=C(O)C1CCC(NCc2c(F)cccc2Cl)CC1. The summed E-state index contributed by atoms with van der Waals surface area (Å²) in [6.45, 7) is 0.383. The quantitative estimate of drug-likeness (QED) is 0.893. The van der Waals surface area contributed by atoms with Crippen molar-refractivity contribution < 1.29 is 14.3 Å². The second-order valence-corrected chi connectivity index (χ2v) is 5.38. The van der Waals surface area contributed by atoms with Gasteiger partial charge in [-0.2, -0.15) is 0 Å². The molecule has 104 valence electrons. The molecule has 1 saturated carbocycles. The lowest BCUT2D eigenvalue weighted by molar-refractivity contribution is -0.142. The van der Waals surface area contributed by atoms with E-state index in [1.54, 1.807) is 12.1 Å². The second kappa shape index (κ2) is 6.35. The highest BCUT2D eigenvalue weighted by Crippen LogP contribution is 2.25. The molecule has 1 fully saturated rings. The fourth-order valence-electron chi connectivity index (χ4n) is 2.49. The predicted octanol–water partition coefficient (Wildman–Crippen LogP) is 3.21. The highest BCUT2D eigenvalue weighted by molar-refractivity contribution is 6.31. The largest absolute Gasteiger partial charge is 0.481 e. The molecule has 0 unspecified atom stereocenters. The molecule has 0 bridgehead atoms. The summed E-state index contributed by atoms with van der Waals surface area (Å²) in [6.07, 6.45) is 2.97. The Morgan fingerprint density at radius 2 is 2.05 bits per heavy atom. The molecule has 1 aromatic carbocycles. The van der Waals surface area contributed by atoms with Crippen LogP contribution in [0.4, 0.5) is 4.39 Å². The van der Waals surface area contributed by atoms with Gasteiger partial charge in [-0.25, -0.2) is 4.39 Å². The van der Waals surface area contributed by atoms with E-state index in [1.165, 1.54) is 6.07 Å². The summed E-state index contributed by atoms with van der Waals surface area (Å²) < 4.78 is 13.6. The summed E-state index contributed by atoms with van der Waals surface area (Å²) in [5.41, 5.74) is 0.476. The summed E-state index contributed by atoms with van der Waals surface area (Å²) in [6, 6.07) is 4.89. The minimum absolute atomic E-state index is 0.227. The van der Waals surface area contributed by atoms with Crippen LogP contribution in [0, 0.1) is 11.7 Å². The number of carboxylic acid groups (broad SMARTS) is 1. The lowest BCUT2D eigenvalue weighted by Gasteiger charge is -2.27. The van der Waals surface area contributed by atoms with Gasteiger partial charge in [0.05, 0.1) is 5.92 Å². The Balaban J connectivity index is 1.86. The predicted molar refractivity (Wildman–Crippen MR) is 71.6 cm³/mol. The lowest BCUT2D eigenvalue weighted by Crippen LogP contribution is -2.34. The third-order valence-corrected chi connectivity index (χ3v) is 4.06. The molecular formula is C14H17ClFNO2. The number of hydrogen-bond donors (Lipinski definition) is 2. The number of carbonyl (C=O) groups is 1. The van der Waals surface area contributed by atoms with Gasteiger partial charge in [-0.1, -0.05) is 17.7 Å². The highest BCUT2D eigenvalue weighted by atomic mass is 35.5. The van der Waals surface area contributed by atoms with E-state index < -0.39 is 5.97 Å². The highest BCUT2D eigenvalue weighted by Gasteiger charge is 2.25. The van der Waals surface area contributed by atoms with Gasteiger partial charge in [0.15, 0.2) is 0 Å². The van der Waals surface area contributed by atoms with Crippen LogP contribution in [0.5, 0.6) is 0 Å². The number of halogens is 2. The first kappa shape index (κ1) is 14.3. The Hall–Kier alpha value is -1.13. The van der Waals surface area contributed by atoms with E-state index in [2.05, 4.69) is 5.32 Å². The summed E-state index contributed by atoms with van der Waals surface area (Å²) in [4.78, 5) is 10.8. The van der Waals surface area contributed by atoms with Gasteiger partial charge in [-0.3, -0.25) is 4.79 Å². The van der Waals surface area contributed by atoms with Crippen LogP contribution >= 0.6 is 11.6 Å². The first-order valence-corrected chi connectivity index (χ1v) is 6.85. The molecule has 0 heterocycles. The number of rotatable bonds is 4. The van der Waals surface area contributed by atoms with Crippen molar-refractivity contribution in [1.29, 1.82) is 0 Å². The Morgan fingerprint density at radius 3 is 2.63 bits per heavy atom. The second-order valence-electron chi connectivity index (χ2n) is 4.97. The minimum Gasteiger partial charge on any atom is -0.481 e. The Kier molecular flexibility index (Phi) is 4.77. The third-order valence-electron chi connectivity index (χ3n) is 3.71. The molecule has 1 aliphatic carbocycles. The maximum Gasteiger partial charge on any atom is 0.306 e. The van der Waals surface area contributed by atoms with Gasteiger partial charge in [0.25, 0.3) is 0 Å². The molecule has 0 amide bonds. The van der Waals surface area contributed by atoms with Crippen molar-refractivity contribution >= 4 is 17.6 Å². The van der Waals surface area contributed by atoms with Crippen LogP contribution in [-0.2, 0) is 11.3 Å². The zero-order chi connectivity index (χ0) is 13.8. The van der Waals surface area contributed by atoms with E-state index in [0.717, 1.165) is 12.8 Å². The molecular weight excluding hydrogens is 269 g/mol. The molecule has 3 nitrogen and oxygen atoms in total. The van der Waals surface area contributed by atoms with Crippen molar-refractivity contribution in [3.05, 3.63) is 34.6 Å². The van der Waals surface area contributed by atoms with Crippen LogP contribution in [0.15, 0.2) is 18.2 Å². The number of benzene rings is 1. The van der Waals surface area contributed by atoms with Gasteiger partial charge in [0.1, 0.15) is 5.82 Å². The van der Waals surface area contributed by atoms with E-state index in [4.69, 9.17) is 16.7 Å². The van der Waals surface area contributed by atoms with Gasteiger partial charge in [0.2, 0.25) is 0 Å². The molecule has 0 aliphatic heterocycles. The third kappa shape index (κ3) is 3.67. The molecule has 0 saturated heterocycles. The van der Waals surface area contributed by atoms with E-state index in [1.807, 2.05) is 0 Å². The molecule has 0 aromatic heterocycles. The number of nitrogens with one attached hydrogen (secondary N) is 1. The zero-order valence-corrected chi connectivity index (χ0v) is 11.3. The maximum absolute atomic E-state index is 13.6. The van der Waals surface area contributed by atoms with Crippen LogP contribution in [0.1, 0.15) is 31.2 Å². The number of aliphatic carboxylic acids is 1. The van der Waals surface area contributed by atoms with Crippen LogP contribution in [0.3, 0.4) is 0 Å². The maximum atomic E-state index is 13.6. The molecule has 19 heavy (non-hydrogen) atoms. The molecule has 2 rings (SSSR count). The van der Waals surface area contributed by atoms with Crippen molar-refractivity contribution in [2.45, 2.75) is 38.3 Å². The Bertz CT molecular complexity index is 439. The molecule has 0 radical (unpaired) electrons. The first-order valence-electron chi connectivity index (χ1n) is 6.47. The summed E-state index contributed by atoms with van der Waals surface area (Å²) in [7, 11) is 0. The van der Waals surface area contributed by atoms with Crippen molar-refractivity contribution in [2.75, 3.05) is 0 Å². The van der Waals surface area contributed by atoms with Crippen molar-refractivity contribution in [2.24, 2.45) is 5.92 Å². The molecule has 2 N–H and O–H groups in total. The average molecular weight is 286 g/mol. The van der Waals surface area contributed by atoms with E-state index in [9.17, 15) is 9.18 Å². The summed E-state index contributed by atoms with van der Waals surface area (Å²) in [5.74, 6) is -1.25. The summed E-state index contributed by atoms with van der Waals surface area (Å²) in [5, 5.41) is 12.6. The topological polar surface area (TPSA) is 49.3 Å². The Labute approximate surface area is 116 Å². The molecule has 1 aromatic rings. The molecule has 0 atom stereocenters. The average Bonchev–Trinajstić information content (AvgIpc) is 2.38. The van der Waals surface area contributed by atoms with E-state index >= 15 is 0 Å². The number of carboxylic acids is 1. The van der Waals surface area contributed by atoms with E-state index in [-0.39, 0.29) is 17.8 Å². The van der Waals surface area contributed by atoms with Crippen LogP contribution in [-0.4, -0.2) is 17.1 Å². The van der Waals surface area contributed by atoms with Gasteiger partial charge >= 0.3 is 5.97 Å². The standard InChI is InChI=1S/C14H17ClFNO2/c15-12-2-1-3-13(16)11(12)8-17-10-6-4-9(5-7-10)14(18)19/h1-3,9-10,17H,4-8H2,(H,18,19). The van der Waals surface area contributed by atoms with Gasteiger partial charge in [-0.05, 0) is 37.8 Å². The fourth-order valence-corrected chi connectivity index (χ4v) is 2.72. The molecule has 1 aliphatic rings. The van der Waals surface area contributed by atoms with Crippen LogP contribution in [0.2, 0.25) is 5.02 Å². The van der Waals surface area contributed by atoms with Crippen molar-refractivity contribution in [1.82, 2.24) is 5.32 Å².